The van der Waals surface area contributed by atoms with Crippen LogP contribution in [-0.2, 0) is 11.2 Å². The molecule has 1 N–H and O–H groups in total. The standard InChI is InChI=1S/C27H31N5O/c1-3-4-8-23-17-32(25-9-6-5-7-20(25)2)27(33)18-31(23)26(24-16-29-19-30-24)14-21-10-12-22(15-28)13-11-21/h5-7,9-13,16,19,23,26H,3-4,8,14,17-18H2,1-2H3,(H,29,30)/t23-,26?/m0/s1. The molecule has 33 heavy (non-hydrogen) atoms. The van der Waals surface area contributed by atoms with Crippen molar-refractivity contribution in [1.82, 2.24) is 14.9 Å². The number of para-hydroxylation sites is 1. The van der Waals surface area contributed by atoms with Crippen LogP contribution in [0.1, 0.15) is 54.6 Å². The Morgan fingerprint density at radius 2 is 2.00 bits per heavy atom. The van der Waals surface area contributed by atoms with Gasteiger partial charge in [-0.05, 0) is 49.1 Å². The molecule has 3 aromatic rings. The lowest BCUT2D eigenvalue weighted by atomic mass is 9.95. The third kappa shape index (κ3) is 5.15. The van der Waals surface area contributed by atoms with E-state index in [1.165, 1.54) is 0 Å². The van der Waals surface area contributed by atoms with E-state index in [4.69, 9.17) is 5.26 Å². The smallest absolute Gasteiger partial charge is 0.241 e. The van der Waals surface area contributed by atoms with Crippen LogP contribution >= 0.6 is 0 Å². The first-order chi connectivity index (χ1) is 16.1. The van der Waals surface area contributed by atoms with Crippen LogP contribution < -0.4 is 4.90 Å². The molecule has 0 bridgehead atoms. The van der Waals surface area contributed by atoms with Gasteiger partial charge in [-0.15, -0.1) is 0 Å². The van der Waals surface area contributed by atoms with Crippen molar-refractivity contribution in [2.45, 2.75) is 51.6 Å². The van der Waals surface area contributed by atoms with Crippen LogP contribution in [-0.4, -0.2) is 39.9 Å². The van der Waals surface area contributed by atoms with E-state index in [2.05, 4.69) is 40.9 Å². The van der Waals surface area contributed by atoms with Gasteiger partial charge in [0.15, 0.2) is 0 Å². The predicted molar refractivity (Wildman–Crippen MR) is 130 cm³/mol. The highest BCUT2D eigenvalue weighted by Gasteiger charge is 2.37. The van der Waals surface area contributed by atoms with E-state index in [9.17, 15) is 4.79 Å². The second-order valence-corrected chi connectivity index (χ2v) is 8.79. The van der Waals surface area contributed by atoms with E-state index in [1.54, 1.807) is 6.33 Å². The maximum atomic E-state index is 13.4. The molecule has 1 aromatic heterocycles. The van der Waals surface area contributed by atoms with E-state index in [0.29, 0.717) is 18.7 Å². The highest BCUT2D eigenvalue weighted by Crippen LogP contribution is 2.32. The molecule has 0 radical (unpaired) electrons. The number of nitrogens with one attached hydrogen (secondary N) is 1. The summed E-state index contributed by atoms with van der Waals surface area (Å²) in [6, 6.07) is 18.3. The third-order valence-corrected chi connectivity index (χ3v) is 6.57. The number of carbonyl (C=O) groups excluding carboxylic acids is 1. The summed E-state index contributed by atoms with van der Waals surface area (Å²) >= 11 is 0. The highest BCUT2D eigenvalue weighted by atomic mass is 16.2. The van der Waals surface area contributed by atoms with Crippen molar-refractivity contribution in [1.29, 1.82) is 5.26 Å². The summed E-state index contributed by atoms with van der Waals surface area (Å²) in [5.74, 6) is 0.126. The molecule has 1 aliphatic heterocycles. The minimum atomic E-state index is 0.00487. The summed E-state index contributed by atoms with van der Waals surface area (Å²) in [5.41, 5.74) is 4.93. The van der Waals surface area contributed by atoms with Gasteiger partial charge < -0.3 is 9.88 Å². The number of piperazine rings is 1. The Kier molecular flexibility index (Phi) is 7.21. The van der Waals surface area contributed by atoms with Crippen LogP contribution in [0.5, 0.6) is 0 Å². The number of aryl methyl sites for hydroxylation is 1. The van der Waals surface area contributed by atoms with Gasteiger partial charge in [-0.25, -0.2) is 4.98 Å². The zero-order chi connectivity index (χ0) is 23.2. The largest absolute Gasteiger partial charge is 0.347 e. The molecule has 2 aromatic carbocycles. The number of H-pyrrole nitrogens is 1. The molecule has 2 atom stereocenters. The third-order valence-electron chi connectivity index (χ3n) is 6.57. The average Bonchev–Trinajstić information content (AvgIpc) is 3.37. The van der Waals surface area contributed by atoms with Gasteiger partial charge in [-0.3, -0.25) is 9.69 Å². The number of aromatic amines is 1. The molecule has 1 amide bonds. The number of hydrogen-bond acceptors (Lipinski definition) is 4. The van der Waals surface area contributed by atoms with Crippen molar-refractivity contribution >= 4 is 11.6 Å². The molecule has 1 fully saturated rings. The summed E-state index contributed by atoms with van der Waals surface area (Å²) in [6.07, 6.45) is 7.58. The van der Waals surface area contributed by atoms with Crippen LogP contribution in [0.3, 0.4) is 0 Å². The van der Waals surface area contributed by atoms with Crippen LogP contribution in [0.15, 0.2) is 61.1 Å². The number of imidazole rings is 1. The number of rotatable bonds is 8. The lowest BCUT2D eigenvalue weighted by Crippen LogP contribution is -2.57. The Morgan fingerprint density at radius 1 is 1.21 bits per heavy atom. The first-order valence-corrected chi connectivity index (χ1v) is 11.7. The monoisotopic (exact) mass is 441 g/mol. The van der Waals surface area contributed by atoms with Crippen molar-refractivity contribution < 1.29 is 4.79 Å². The number of unbranched alkanes of at least 4 members (excludes halogenated alkanes) is 1. The maximum Gasteiger partial charge on any atom is 0.241 e. The van der Waals surface area contributed by atoms with Gasteiger partial charge in [0.05, 0.1) is 36.2 Å². The molecule has 1 aliphatic rings. The Hall–Kier alpha value is -3.43. The normalized spacial score (nSPS) is 17.7. The van der Waals surface area contributed by atoms with E-state index in [0.717, 1.165) is 48.2 Å². The highest BCUT2D eigenvalue weighted by molar-refractivity contribution is 5.96. The van der Waals surface area contributed by atoms with Crippen molar-refractivity contribution in [2.24, 2.45) is 0 Å². The number of nitrogens with zero attached hydrogens (tertiary/aromatic N) is 4. The van der Waals surface area contributed by atoms with Crippen molar-refractivity contribution in [2.75, 3.05) is 18.0 Å². The number of hydrogen-bond donors (Lipinski definition) is 1. The Bertz CT molecular complexity index is 1100. The second-order valence-electron chi connectivity index (χ2n) is 8.79. The Labute approximate surface area is 195 Å². The molecule has 0 aliphatic carbocycles. The van der Waals surface area contributed by atoms with Gasteiger partial charge in [0.25, 0.3) is 0 Å². The van der Waals surface area contributed by atoms with Crippen LogP contribution in [0, 0.1) is 18.3 Å². The lowest BCUT2D eigenvalue weighted by Gasteiger charge is -2.45. The average molecular weight is 442 g/mol. The van der Waals surface area contributed by atoms with Crippen LogP contribution in [0.4, 0.5) is 5.69 Å². The second kappa shape index (κ2) is 10.5. The number of aromatic nitrogens is 2. The van der Waals surface area contributed by atoms with Crippen LogP contribution in [0.25, 0.3) is 0 Å². The first kappa shape index (κ1) is 22.8. The molecular weight excluding hydrogens is 410 g/mol. The van der Waals surface area contributed by atoms with Crippen molar-refractivity contribution in [3.8, 4) is 6.07 Å². The van der Waals surface area contributed by atoms with Gasteiger partial charge in [-0.2, -0.15) is 5.26 Å². The zero-order valence-corrected chi connectivity index (χ0v) is 19.4. The van der Waals surface area contributed by atoms with E-state index < -0.39 is 0 Å². The topological polar surface area (TPSA) is 76.0 Å². The molecule has 0 saturated carbocycles. The minimum Gasteiger partial charge on any atom is -0.347 e. The van der Waals surface area contributed by atoms with E-state index >= 15 is 0 Å². The summed E-state index contributed by atoms with van der Waals surface area (Å²) in [6.45, 7) is 5.32. The van der Waals surface area contributed by atoms with Crippen molar-refractivity contribution in [3.63, 3.8) is 0 Å². The number of benzene rings is 2. The lowest BCUT2D eigenvalue weighted by molar-refractivity contribution is -0.123. The van der Waals surface area contributed by atoms with Gasteiger partial charge in [0.1, 0.15) is 0 Å². The first-order valence-electron chi connectivity index (χ1n) is 11.7. The fourth-order valence-electron chi connectivity index (χ4n) is 4.74. The molecule has 2 heterocycles. The summed E-state index contributed by atoms with van der Waals surface area (Å²) in [5, 5.41) is 9.14. The molecule has 0 spiro atoms. The van der Waals surface area contributed by atoms with Gasteiger partial charge in [0, 0.05) is 24.5 Å². The molecule has 6 nitrogen and oxygen atoms in total. The van der Waals surface area contributed by atoms with Gasteiger partial charge in [-0.1, -0.05) is 50.1 Å². The van der Waals surface area contributed by atoms with E-state index in [1.807, 2.05) is 53.6 Å². The van der Waals surface area contributed by atoms with E-state index in [-0.39, 0.29) is 18.0 Å². The fourth-order valence-corrected chi connectivity index (χ4v) is 4.74. The zero-order valence-electron chi connectivity index (χ0n) is 19.4. The number of carbonyl (C=O) groups is 1. The molecule has 6 heteroatoms. The number of anilines is 1. The van der Waals surface area contributed by atoms with Crippen LogP contribution in [0.2, 0.25) is 0 Å². The van der Waals surface area contributed by atoms with Gasteiger partial charge >= 0.3 is 0 Å². The number of nitriles is 1. The summed E-state index contributed by atoms with van der Waals surface area (Å²) < 4.78 is 0. The Balaban J connectivity index is 1.65. The molecular formula is C27H31N5O. The van der Waals surface area contributed by atoms with Crippen molar-refractivity contribution in [3.05, 3.63) is 83.4 Å². The number of amides is 1. The quantitative estimate of drug-likeness (QED) is 0.546. The molecule has 1 unspecified atom stereocenters. The van der Waals surface area contributed by atoms with Gasteiger partial charge in [0.2, 0.25) is 5.91 Å². The SMILES string of the molecule is CCCC[C@H]1CN(c2ccccc2C)C(=O)CN1C(Cc1ccc(C#N)cc1)c1cnc[nH]1. The summed E-state index contributed by atoms with van der Waals surface area (Å²) in [7, 11) is 0. The molecule has 1 saturated heterocycles. The summed E-state index contributed by atoms with van der Waals surface area (Å²) in [4.78, 5) is 25.3. The predicted octanol–water partition coefficient (Wildman–Crippen LogP) is 4.78. The fraction of sp³-hybridized carbons (Fsp3) is 0.370. The maximum absolute atomic E-state index is 13.4. The Morgan fingerprint density at radius 3 is 2.67 bits per heavy atom. The molecule has 170 valence electrons. The minimum absolute atomic E-state index is 0.00487. The molecule has 4 rings (SSSR count).